The molecule has 1 saturated heterocycles. The van der Waals surface area contributed by atoms with Crippen molar-refractivity contribution in [3.05, 3.63) is 54.6 Å². The number of hydrogen-bond donors (Lipinski definition) is 0. The molecule has 6 nitrogen and oxygen atoms in total. The number of amides is 1. The van der Waals surface area contributed by atoms with Crippen molar-refractivity contribution in [3.8, 4) is 5.75 Å². The molecule has 2 heterocycles. The molecule has 1 aliphatic heterocycles. The van der Waals surface area contributed by atoms with Crippen LogP contribution in [0.3, 0.4) is 0 Å². The van der Waals surface area contributed by atoms with E-state index >= 15 is 0 Å². The number of carbonyl (C=O) groups excluding carboxylic acids is 1. The summed E-state index contributed by atoms with van der Waals surface area (Å²) in [6.07, 6.45) is 4.57. The number of ether oxygens (including phenoxy) is 1. The van der Waals surface area contributed by atoms with Gasteiger partial charge in [-0.1, -0.05) is 24.3 Å². The quantitative estimate of drug-likeness (QED) is 0.734. The Morgan fingerprint density at radius 2 is 2.24 bits per heavy atom. The molecule has 1 aliphatic rings. The van der Waals surface area contributed by atoms with Crippen LogP contribution >= 0.6 is 0 Å². The molecule has 128 valence electrons. The minimum absolute atomic E-state index is 0.151. The second-order valence-corrected chi connectivity index (χ2v) is 6.34. The number of nitrogens with zero attached hydrogens (tertiary/aromatic N) is 4. The van der Waals surface area contributed by atoms with Crippen molar-refractivity contribution in [3.63, 3.8) is 0 Å². The van der Waals surface area contributed by atoms with Gasteiger partial charge in [0.1, 0.15) is 18.4 Å². The molecule has 0 N–H and O–H groups in total. The predicted octanol–water partition coefficient (Wildman–Crippen LogP) is 2.46. The van der Waals surface area contributed by atoms with Crippen LogP contribution in [0.2, 0.25) is 0 Å². The fourth-order valence-corrected chi connectivity index (χ4v) is 3.46. The van der Waals surface area contributed by atoms with Gasteiger partial charge in [0, 0.05) is 13.1 Å². The average Bonchev–Trinajstić information content (AvgIpc) is 3.33. The Kier molecular flexibility index (Phi) is 4.09. The van der Waals surface area contributed by atoms with Crippen LogP contribution in [-0.2, 0) is 11.2 Å². The monoisotopic (exact) mass is 336 g/mol. The minimum atomic E-state index is 0.151. The zero-order chi connectivity index (χ0) is 17.2. The van der Waals surface area contributed by atoms with E-state index in [1.807, 2.05) is 39.9 Å². The Hall–Kier alpha value is -2.89. The number of hydrogen-bond acceptors (Lipinski definition) is 4. The lowest BCUT2D eigenvalue weighted by Crippen LogP contribution is -2.30. The standard InChI is InChI=1S/C19H20N4O2/c1-25-17-6-5-14-3-2-4-15(18(14)10-17)9-19(24)22-8-7-16(11-22)23-13-20-12-21-23/h2-6,10,12-13,16H,7-9,11H2,1H3. The highest BCUT2D eigenvalue weighted by molar-refractivity contribution is 5.91. The van der Waals surface area contributed by atoms with Crippen molar-refractivity contribution in [2.75, 3.05) is 20.2 Å². The molecule has 2 aromatic carbocycles. The van der Waals surface area contributed by atoms with Gasteiger partial charge in [0.05, 0.1) is 19.6 Å². The maximum atomic E-state index is 12.8. The van der Waals surface area contributed by atoms with E-state index in [0.29, 0.717) is 13.0 Å². The maximum Gasteiger partial charge on any atom is 0.227 e. The number of benzene rings is 2. The minimum Gasteiger partial charge on any atom is -0.497 e. The van der Waals surface area contributed by atoms with Crippen LogP contribution in [0, 0.1) is 0 Å². The maximum absolute atomic E-state index is 12.8. The highest BCUT2D eigenvalue weighted by Crippen LogP contribution is 2.26. The van der Waals surface area contributed by atoms with Gasteiger partial charge in [-0.05, 0) is 34.9 Å². The molecule has 1 amide bonds. The second kappa shape index (κ2) is 6.55. The van der Waals surface area contributed by atoms with Crippen LogP contribution in [0.1, 0.15) is 18.0 Å². The number of aromatic nitrogens is 3. The van der Waals surface area contributed by atoms with E-state index in [1.165, 1.54) is 6.33 Å². The Labute approximate surface area is 146 Å². The Morgan fingerprint density at radius 3 is 3.04 bits per heavy atom. The van der Waals surface area contributed by atoms with Crippen LogP contribution < -0.4 is 4.74 Å². The van der Waals surface area contributed by atoms with Crippen molar-refractivity contribution in [1.82, 2.24) is 19.7 Å². The topological polar surface area (TPSA) is 60.2 Å². The Bertz CT molecular complexity index is 892. The average molecular weight is 336 g/mol. The van der Waals surface area contributed by atoms with Crippen LogP contribution in [0.25, 0.3) is 10.8 Å². The fraction of sp³-hybridized carbons (Fsp3) is 0.316. The fourth-order valence-electron chi connectivity index (χ4n) is 3.46. The summed E-state index contributed by atoms with van der Waals surface area (Å²) in [6.45, 7) is 1.45. The SMILES string of the molecule is COc1ccc2cccc(CC(=O)N3CCC(n4cncn4)C3)c2c1. The molecular formula is C19H20N4O2. The largest absolute Gasteiger partial charge is 0.497 e. The lowest BCUT2D eigenvalue weighted by molar-refractivity contribution is -0.129. The summed E-state index contributed by atoms with van der Waals surface area (Å²) in [7, 11) is 1.66. The summed E-state index contributed by atoms with van der Waals surface area (Å²) in [4.78, 5) is 18.7. The van der Waals surface area contributed by atoms with Gasteiger partial charge < -0.3 is 9.64 Å². The normalized spacial score (nSPS) is 17.2. The molecule has 0 radical (unpaired) electrons. The van der Waals surface area contributed by atoms with Crippen molar-refractivity contribution in [2.24, 2.45) is 0 Å². The number of carbonyl (C=O) groups is 1. The molecule has 0 bridgehead atoms. The zero-order valence-electron chi connectivity index (χ0n) is 14.1. The van der Waals surface area contributed by atoms with Gasteiger partial charge in [-0.15, -0.1) is 0 Å². The van der Waals surface area contributed by atoms with E-state index in [1.54, 1.807) is 13.4 Å². The molecule has 1 atom stereocenters. The van der Waals surface area contributed by atoms with Crippen LogP contribution in [-0.4, -0.2) is 45.8 Å². The van der Waals surface area contributed by atoms with Gasteiger partial charge in [0.2, 0.25) is 5.91 Å². The number of likely N-dealkylation sites (tertiary alicyclic amines) is 1. The summed E-state index contributed by atoms with van der Waals surface area (Å²) >= 11 is 0. The molecule has 1 aromatic heterocycles. The van der Waals surface area contributed by atoms with Crippen molar-refractivity contribution < 1.29 is 9.53 Å². The van der Waals surface area contributed by atoms with Crippen molar-refractivity contribution in [2.45, 2.75) is 18.9 Å². The summed E-state index contributed by atoms with van der Waals surface area (Å²) in [5, 5.41) is 6.38. The molecular weight excluding hydrogens is 316 g/mol. The molecule has 0 aliphatic carbocycles. The lowest BCUT2D eigenvalue weighted by Gasteiger charge is -2.17. The molecule has 25 heavy (non-hydrogen) atoms. The first-order chi connectivity index (χ1) is 12.2. The molecule has 4 rings (SSSR count). The highest BCUT2D eigenvalue weighted by atomic mass is 16.5. The lowest BCUT2D eigenvalue weighted by atomic mass is 10.0. The smallest absolute Gasteiger partial charge is 0.227 e. The van der Waals surface area contributed by atoms with E-state index in [2.05, 4.69) is 16.1 Å². The molecule has 1 fully saturated rings. The number of fused-ring (bicyclic) bond motifs is 1. The van der Waals surface area contributed by atoms with Crippen LogP contribution in [0.4, 0.5) is 0 Å². The van der Waals surface area contributed by atoms with Crippen molar-refractivity contribution in [1.29, 1.82) is 0 Å². The first-order valence-electron chi connectivity index (χ1n) is 8.42. The van der Waals surface area contributed by atoms with Crippen molar-refractivity contribution >= 4 is 16.7 Å². The van der Waals surface area contributed by atoms with Gasteiger partial charge >= 0.3 is 0 Å². The predicted molar refractivity (Wildman–Crippen MR) is 94.5 cm³/mol. The van der Waals surface area contributed by atoms with E-state index in [-0.39, 0.29) is 11.9 Å². The van der Waals surface area contributed by atoms with Crippen LogP contribution in [0.5, 0.6) is 5.75 Å². The number of methoxy groups -OCH3 is 1. The summed E-state index contributed by atoms with van der Waals surface area (Å²) in [5.41, 5.74) is 1.03. The first-order valence-corrected chi connectivity index (χ1v) is 8.42. The third kappa shape index (κ3) is 3.07. The highest BCUT2D eigenvalue weighted by Gasteiger charge is 2.27. The third-order valence-corrected chi connectivity index (χ3v) is 4.85. The number of rotatable bonds is 4. The zero-order valence-corrected chi connectivity index (χ0v) is 14.1. The van der Waals surface area contributed by atoms with Crippen LogP contribution in [0.15, 0.2) is 49.1 Å². The second-order valence-electron chi connectivity index (χ2n) is 6.34. The van der Waals surface area contributed by atoms with E-state index in [0.717, 1.165) is 35.1 Å². The van der Waals surface area contributed by atoms with E-state index < -0.39 is 0 Å². The molecule has 0 saturated carbocycles. The molecule has 1 unspecified atom stereocenters. The third-order valence-electron chi connectivity index (χ3n) is 4.85. The summed E-state index contributed by atoms with van der Waals surface area (Å²) in [6, 6.07) is 12.3. The van der Waals surface area contributed by atoms with Gasteiger partial charge in [-0.2, -0.15) is 5.10 Å². The first kappa shape index (κ1) is 15.6. The van der Waals surface area contributed by atoms with Gasteiger partial charge in [0.25, 0.3) is 0 Å². The Morgan fingerprint density at radius 1 is 1.32 bits per heavy atom. The van der Waals surface area contributed by atoms with E-state index in [9.17, 15) is 4.79 Å². The molecule has 3 aromatic rings. The van der Waals surface area contributed by atoms with Gasteiger partial charge in [0.15, 0.2) is 0 Å². The van der Waals surface area contributed by atoms with E-state index in [4.69, 9.17) is 4.74 Å². The van der Waals surface area contributed by atoms with Gasteiger partial charge in [-0.3, -0.25) is 4.79 Å². The molecule has 0 spiro atoms. The molecule has 6 heteroatoms. The summed E-state index contributed by atoms with van der Waals surface area (Å²) < 4.78 is 7.17. The summed E-state index contributed by atoms with van der Waals surface area (Å²) in [5.74, 6) is 0.956. The van der Waals surface area contributed by atoms with Gasteiger partial charge in [-0.25, -0.2) is 9.67 Å². The Balaban J connectivity index is 1.52.